The average molecular weight is 373 g/mol. The Morgan fingerprint density at radius 2 is 2.00 bits per heavy atom. The van der Waals surface area contributed by atoms with Crippen LogP contribution < -0.4 is 9.64 Å². The smallest absolute Gasteiger partial charge is 0.394 e. The fourth-order valence-corrected chi connectivity index (χ4v) is 4.59. The summed E-state index contributed by atoms with van der Waals surface area (Å²) in [5.74, 6) is -1.05. The number of likely N-dealkylation sites (N-methyl/N-ethyl adjacent to an activating group) is 1. The summed E-state index contributed by atoms with van der Waals surface area (Å²) in [6, 6.07) is 6.27. The molecule has 2 fully saturated rings. The predicted molar refractivity (Wildman–Crippen MR) is 101 cm³/mol. The van der Waals surface area contributed by atoms with Gasteiger partial charge in [0.2, 0.25) is 0 Å². The number of carboxylic acid groups (broad SMARTS) is 1. The lowest BCUT2D eigenvalue weighted by atomic mass is 9.89. The Morgan fingerprint density at radius 3 is 2.78 bits per heavy atom. The molecule has 0 aliphatic carbocycles. The number of aliphatic carboxylic acids is 1. The van der Waals surface area contributed by atoms with Crippen LogP contribution in [0.3, 0.4) is 0 Å². The number of rotatable bonds is 1. The van der Waals surface area contributed by atoms with E-state index in [0.29, 0.717) is 25.1 Å². The highest BCUT2D eigenvalue weighted by Crippen LogP contribution is 2.40. The van der Waals surface area contributed by atoms with E-state index in [4.69, 9.17) is 4.74 Å². The number of hydrogen-bond donors (Lipinski definition) is 1. The molecule has 2 unspecified atom stereocenters. The predicted octanol–water partition coefficient (Wildman–Crippen LogP) is 1.58. The molecule has 0 aromatic heterocycles. The van der Waals surface area contributed by atoms with Crippen LogP contribution in [0.5, 0.6) is 5.75 Å². The molecular formula is C20H27N3O4. The zero-order chi connectivity index (χ0) is 19.1. The van der Waals surface area contributed by atoms with E-state index in [-0.39, 0.29) is 6.04 Å². The Labute approximate surface area is 159 Å². The zero-order valence-corrected chi connectivity index (χ0v) is 15.9. The third kappa shape index (κ3) is 3.36. The molecule has 1 N–H and O–H groups in total. The number of fused-ring (bicyclic) bond motifs is 3. The first-order chi connectivity index (χ1) is 12.9. The number of benzene rings is 1. The highest BCUT2D eigenvalue weighted by molar-refractivity contribution is 6.31. The molecule has 1 amide bonds. The summed E-state index contributed by atoms with van der Waals surface area (Å²) in [7, 11) is 2.13. The summed E-state index contributed by atoms with van der Waals surface area (Å²) in [6.07, 6.45) is 1.75. The van der Waals surface area contributed by atoms with Crippen molar-refractivity contribution in [2.75, 3.05) is 44.7 Å². The molecule has 3 aliphatic heterocycles. The average Bonchev–Trinajstić information content (AvgIpc) is 2.66. The van der Waals surface area contributed by atoms with Gasteiger partial charge in [-0.25, -0.2) is 4.79 Å². The van der Waals surface area contributed by atoms with E-state index < -0.39 is 11.9 Å². The number of carboxylic acids is 1. The van der Waals surface area contributed by atoms with Crippen molar-refractivity contribution in [1.29, 1.82) is 0 Å². The molecule has 4 rings (SSSR count). The minimum absolute atomic E-state index is 0.205. The van der Waals surface area contributed by atoms with Crippen LogP contribution >= 0.6 is 0 Å². The lowest BCUT2D eigenvalue weighted by Gasteiger charge is -2.45. The van der Waals surface area contributed by atoms with Crippen molar-refractivity contribution in [1.82, 2.24) is 9.80 Å². The van der Waals surface area contributed by atoms with Crippen molar-refractivity contribution in [2.45, 2.75) is 31.8 Å². The normalized spacial score (nSPS) is 28.1. The van der Waals surface area contributed by atoms with Crippen molar-refractivity contribution in [3.8, 4) is 5.75 Å². The van der Waals surface area contributed by atoms with Gasteiger partial charge in [-0.05, 0) is 43.5 Å². The summed E-state index contributed by atoms with van der Waals surface area (Å²) in [5.41, 5.74) is 2.06. The monoisotopic (exact) mass is 373 g/mol. The topological polar surface area (TPSA) is 73.3 Å². The van der Waals surface area contributed by atoms with E-state index in [0.717, 1.165) is 49.5 Å². The van der Waals surface area contributed by atoms with Crippen LogP contribution in [-0.4, -0.2) is 72.7 Å². The minimum atomic E-state index is -1.39. The maximum Gasteiger partial charge on any atom is 0.394 e. The van der Waals surface area contributed by atoms with E-state index in [1.165, 1.54) is 4.90 Å². The first kappa shape index (κ1) is 18.1. The molecule has 3 atom stereocenters. The van der Waals surface area contributed by atoms with Gasteiger partial charge in [-0.2, -0.15) is 0 Å². The lowest BCUT2D eigenvalue weighted by Crippen LogP contribution is -2.56. The number of carbonyl (C=O) groups is 2. The van der Waals surface area contributed by atoms with Gasteiger partial charge in [0.05, 0.1) is 17.8 Å². The molecule has 27 heavy (non-hydrogen) atoms. The largest absolute Gasteiger partial charge is 0.489 e. The van der Waals surface area contributed by atoms with Crippen LogP contribution in [0, 0.1) is 5.92 Å². The first-order valence-corrected chi connectivity index (χ1v) is 9.70. The number of anilines is 1. The molecule has 0 radical (unpaired) electrons. The second-order valence-corrected chi connectivity index (χ2v) is 8.11. The number of piperidine rings is 1. The van der Waals surface area contributed by atoms with Crippen molar-refractivity contribution >= 4 is 17.6 Å². The van der Waals surface area contributed by atoms with Crippen LogP contribution in [0.4, 0.5) is 5.69 Å². The van der Waals surface area contributed by atoms with Gasteiger partial charge in [-0.3, -0.25) is 4.79 Å². The standard InChI is InChI=1S/C20H27N3O4/c1-13-3-5-16(23(10-13)19(24)20(25)26)14-4-6-17-18(9-14)27-12-15-11-21(2)7-8-22(15)17/h4,6,9,13,15-16H,3,5,7-8,10-12H2,1-2H3,(H,25,26)/t13?,15-,16?/m1/s1. The molecular weight excluding hydrogens is 346 g/mol. The molecule has 0 bridgehead atoms. The number of amides is 1. The van der Waals surface area contributed by atoms with Crippen molar-refractivity contribution in [2.24, 2.45) is 5.92 Å². The van der Waals surface area contributed by atoms with Gasteiger partial charge in [-0.1, -0.05) is 13.0 Å². The Balaban J connectivity index is 1.61. The molecule has 0 saturated carbocycles. The Bertz CT molecular complexity index is 753. The van der Waals surface area contributed by atoms with Crippen LogP contribution in [-0.2, 0) is 9.59 Å². The highest BCUT2D eigenvalue weighted by atomic mass is 16.5. The zero-order valence-electron chi connectivity index (χ0n) is 15.9. The molecule has 146 valence electrons. The van der Waals surface area contributed by atoms with Gasteiger partial charge >= 0.3 is 11.9 Å². The van der Waals surface area contributed by atoms with E-state index in [2.05, 4.69) is 29.8 Å². The van der Waals surface area contributed by atoms with Crippen LogP contribution in [0.2, 0.25) is 0 Å². The van der Waals surface area contributed by atoms with Gasteiger partial charge < -0.3 is 24.5 Å². The number of nitrogens with zero attached hydrogens (tertiary/aromatic N) is 3. The quantitative estimate of drug-likeness (QED) is 0.754. The molecule has 0 spiro atoms. The van der Waals surface area contributed by atoms with E-state index in [1.807, 2.05) is 12.1 Å². The molecule has 7 heteroatoms. The summed E-state index contributed by atoms with van der Waals surface area (Å²) >= 11 is 0. The van der Waals surface area contributed by atoms with Crippen molar-refractivity contribution in [3.63, 3.8) is 0 Å². The second-order valence-electron chi connectivity index (χ2n) is 8.11. The summed E-state index contributed by atoms with van der Waals surface area (Å²) in [4.78, 5) is 29.7. The summed E-state index contributed by atoms with van der Waals surface area (Å²) < 4.78 is 6.05. The number of carbonyl (C=O) groups excluding carboxylic acids is 1. The van der Waals surface area contributed by atoms with Crippen LogP contribution in [0.15, 0.2) is 18.2 Å². The lowest BCUT2D eigenvalue weighted by molar-refractivity contribution is -0.158. The molecule has 1 aromatic carbocycles. The van der Waals surface area contributed by atoms with Crippen LogP contribution in [0.1, 0.15) is 31.4 Å². The molecule has 2 saturated heterocycles. The molecule has 1 aromatic rings. The van der Waals surface area contributed by atoms with Crippen molar-refractivity contribution < 1.29 is 19.4 Å². The first-order valence-electron chi connectivity index (χ1n) is 9.70. The van der Waals surface area contributed by atoms with E-state index in [1.54, 1.807) is 0 Å². The summed E-state index contributed by atoms with van der Waals surface area (Å²) in [5, 5.41) is 9.20. The maximum absolute atomic E-state index is 12.2. The fraction of sp³-hybridized carbons (Fsp3) is 0.600. The van der Waals surface area contributed by atoms with Gasteiger partial charge in [0.1, 0.15) is 12.4 Å². The Morgan fingerprint density at radius 1 is 1.19 bits per heavy atom. The number of hydrogen-bond acceptors (Lipinski definition) is 5. The molecule has 3 aliphatic rings. The minimum Gasteiger partial charge on any atom is -0.489 e. The van der Waals surface area contributed by atoms with Gasteiger partial charge in [-0.15, -0.1) is 0 Å². The second kappa shape index (κ2) is 7.03. The molecule has 3 heterocycles. The Kier molecular flexibility index (Phi) is 4.72. The number of piperazine rings is 1. The van der Waals surface area contributed by atoms with E-state index >= 15 is 0 Å². The third-order valence-corrected chi connectivity index (χ3v) is 6.06. The molecule has 7 nitrogen and oxygen atoms in total. The van der Waals surface area contributed by atoms with Gasteiger partial charge in [0.15, 0.2) is 0 Å². The third-order valence-electron chi connectivity index (χ3n) is 6.06. The van der Waals surface area contributed by atoms with Crippen LogP contribution in [0.25, 0.3) is 0 Å². The van der Waals surface area contributed by atoms with Gasteiger partial charge in [0.25, 0.3) is 0 Å². The number of ether oxygens (including phenoxy) is 1. The summed E-state index contributed by atoms with van der Waals surface area (Å²) in [6.45, 7) is 6.18. The maximum atomic E-state index is 12.2. The highest BCUT2D eigenvalue weighted by Gasteiger charge is 2.36. The number of likely N-dealkylation sites (tertiary alicyclic amines) is 1. The fourth-order valence-electron chi connectivity index (χ4n) is 4.59. The van der Waals surface area contributed by atoms with Gasteiger partial charge in [0, 0.05) is 26.2 Å². The van der Waals surface area contributed by atoms with E-state index in [9.17, 15) is 14.7 Å². The SMILES string of the molecule is CC1CCC(c2ccc3c(c2)OC[C@H]2CN(C)CCN32)N(C(=O)C(=O)O)C1. The Hall–Kier alpha value is -2.28. The van der Waals surface area contributed by atoms with Crippen molar-refractivity contribution in [3.05, 3.63) is 23.8 Å².